The first kappa shape index (κ1) is 11.9. The second-order valence-corrected chi connectivity index (χ2v) is 5.55. The van der Waals surface area contributed by atoms with Crippen molar-refractivity contribution in [2.24, 2.45) is 5.73 Å². The van der Waals surface area contributed by atoms with Crippen molar-refractivity contribution in [2.75, 3.05) is 5.75 Å². The molecule has 90 valence electrons. The Morgan fingerprint density at radius 3 is 3.12 bits per heavy atom. The lowest BCUT2D eigenvalue weighted by atomic mass is 10.1. The molecule has 2 unspecified atom stereocenters. The van der Waals surface area contributed by atoms with Gasteiger partial charge in [-0.3, -0.25) is 0 Å². The van der Waals surface area contributed by atoms with Crippen LogP contribution in [0.25, 0.3) is 0 Å². The molecule has 0 aliphatic carbocycles. The summed E-state index contributed by atoms with van der Waals surface area (Å²) in [4.78, 5) is 4.43. The summed E-state index contributed by atoms with van der Waals surface area (Å²) in [5, 5.41) is 4.47. The van der Waals surface area contributed by atoms with E-state index in [4.69, 9.17) is 10.3 Å². The minimum absolute atomic E-state index is 0.0974. The van der Waals surface area contributed by atoms with Crippen LogP contribution in [-0.4, -0.2) is 15.9 Å². The van der Waals surface area contributed by atoms with Crippen molar-refractivity contribution in [3.05, 3.63) is 11.7 Å². The van der Waals surface area contributed by atoms with Crippen molar-refractivity contribution in [3.8, 4) is 0 Å². The molecule has 1 aromatic rings. The number of hydrogen-bond acceptors (Lipinski definition) is 5. The standard InChI is InChI=1S/C11H19N3OS/c1-2-5-8(12)11-13-10(14-15-11)9-6-3-4-7-16-9/h8-9H,2-7,12H2,1H3. The summed E-state index contributed by atoms with van der Waals surface area (Å²) < 4.78 is 5.23. The van der Waals surface area contributed by atoms with E-state index >= 15 is 0 Å². The maximum Gasteiger partial charge on any atom is 0.243 e. The van der Waals surface area contributed by atoms with E-state index in [0.29, 0.717) is 11.1 Å². The van der Waals surface area contributed by atoms with Gasteiger partial charge in [0, 0.05) is 0 Å². The molecule has 0 aromatic carbocycles. The summed E-state index contributed by atoms with van der Waals surface area (Å²) in [6.07, 6.45) is 5.67. The van der Waals surface area contributed by atoms with Crippen molar-refractivity contribution < 1.29 is 4.52 Å². The summed E-state index contributed by atoms with van der Waals surface area (Å²) in [6, 6.07) is -0.0974. The van der Waals surface area contributed by atoms with Gasteiger partial charge in [0.2, 0.25) is 5.89 Å². The Morgan fingerprint density at radius 1 is 1.56 bits per heavy atom. The van der Waals surface area contributed by atoms with E-state index in [-0.39, 0.29) is 6.04 Å². The molecule has 1 saturated heterocycles. The average Bonchev–Trinajstić information content (AvgIpc) is 2.80. The van der Waals surface area contributed by atoms with Crippen LogP contribution in [0.5, 0.6) is 0 Å². The second kappa shape index (κ2) is 5.68. The summed E-state index contributed by atoms with van der Waals surface area (Å²) in [7, 11) is 0. The van der Waals surface area contributed by atoms with Crippen molar-refractivity contribution in [1.29, 1.82) is 0 Å². The first-order valence-electron chi connectivity index (χ1n) is 6.02. The van der Waals surface area contributed by atoms with Gasteiger partial charge in [-0.25, -0.2) is 0 Å². The van der Waals surface area contributed by atoms with Gasteiger partial charge in [-0.15, -0.1) is 0 Å². The van der Waals surface area contributed by atoms with E-state index in [0.717, 1.165) is 25.1 Å². The van der Waals surface area contributed by atoms with Gasteiger partial charge in [-0.05, 0) is 25.0 Å². The van der Waals surface area contributed by atoms with E-state index in [1.165, 1.54) is 18.6 Å². The van der Waals surface area contributed by atoms with Crippen LogP contribution in [0.2, 0.25) is 0 Å². The highest BCUT2D eigenvalue weighted by molar-refractivity contribution is 7.99. The fourth-order valence-corrected chi connectivity index (χ4v) is 3.14. The molecule has 5 heteroatoms. The summed E-state index contributed by atoms with van der Waals surface area (Å²) >= 11 is 1.93. The van der Waals surface area contributed by atoms with Crippen molar-refractivity contribution >= 4 is 11.8 Å². The molecule has 1 aliphatic rings. The van der Waals surface area contributed by atoms with E-state index < -0.39 is 0 Å². The lowest BCUT2D eigenvalue weighted by Gasteiger charge is -2.17. The molecular weight excluding hydrogens is 222 g/mol. The molecule has 2 rings (SSSR count). The number of hydrogen-bond donors (Lipinski definition) is 1. The van der Waals surface area contributed by atoms with Gasteiger partial charge in [-0.2, -0.15) is 16.7 Å². The molecule has 1 aromatic heterocycles. The van der Waals surface area contributed by atoms with Gasteiger partial charge in [0.05, 0.1) is 11.3 Å². The van der Waals surface area contributed by atoms with Crippen LogP contribution in [0, 0.1) is 0 Å². The summed E-state index contributed by atoms with van der Waals surface area (Å²) in [5.74, 6) is 2.64. The molecule has 2 atom stereocenters. The maximum atomic E-state index is 5.95. The molecule has 1 fully saturated rings. The number of thioether (sulfide) groups is 1. The highest BCUT2D eigenvalue weighted by Crippen LogP contribution is 2.36. The molecule has 0 bridgehead atoms. The van der Waals surface area contributed by atoms with E-state index in [2.05, 4.69) is 17.1 Å². The van der Waals surface area contributed by atoms with Gasteiger partial charge in [0.1, 0.15) is 0 Å². The zero-order valence-corrected chi connectivity index (χ0v) is 10.5. The van der Waals surface area contributed by atoms with Crippen LogP contribution in [0.1, 0.15) is 62.0 Å². The smallest absolute Gasteiger partial charge is 0.243 e. The van der Waals surface area contributed by atoms with E-state index in [1.54, 1.807) is 0 Å². The van der Waals surface area contributed by atoms with Crippen molar-refractivity contribution in [2.45, 2.75) is 50.3 Å². The molecule has 2 heterocycles. The highest BCUT2D eigenvalue weighted by Gasteiger charge is 2.22. The topological polar surface area (TPSA) is 64.9 Å². The third kappa shape index (κ3) is 2.77. The Labute approximate surface area is 100 Å². The van der Waals surface area contributed by atoms with Crippen LogP contribution < -0.4 is 5.73 Å². The number of nitrogens with zero attached hydrogens (tertiary/aromatic N) is 2. The van der Waals surface area contributed by atoms with Gasteiger partial charge in [0.25, 0.3) is 0 Å². The molecule has 0 radical (unpaired) electrons. The number of nitrogens with two attached hydrogens (primary N) is 1. The predicted octanol–water partition coefficient (Wildman–Crippen LogP) is 2.83. The average molecular weight is 241 g/mol. The van der Waals surface area contributed by atoms with Crippen molar-refractivity contribution in [1.82, 2.24) is 10.1 Å². The predicted molar refractivity (Wildman–Crippen MR) is 65.2 cm³/mol. The van der Waals surface area contributed by atoms with Crippen LogP contribution in [0.3, 0.4) is 0 Å². The van der Waals surface area contributed by atoms with Crippen LogP contribution in [-0.2, 0) is 0 Å². The Bertz CT molecular complexity index is 323. The van der Waals surface area contributed by atoms with Crippen molar-refractivity contribution in [3.63, 3.8) is 0 Å². The van der Waals surface area contributed by atoms with Gasteiger partial charge < -0.3 is 10.3 Å². The molecule has 0 amide bonds. The number of rotatable bonds is 4. The quantitative estimate of drug-likeness (QED) is 0.878. The van der Waals surface area contributed by atoms with Gasteiger partial charge in [0.15, 0.2) is 5.82 Å². The van der Waals surface area contributed by atoms with Gasteiger partial charge in [-0.1, -0.05) is 24.9 Å². The molecule has 4 nitrogen and oxygen atoms in total. The minimum Gasteiger partial charge on any atom is -0.338 e. The highest BCUT2D eigenvalue weighted by atomic mass is 32.2. The Hall–Kier alpha value is -0.550. The monoisotopic (exact) mass is 241 g/mol. The Balaban J connectivity index is 2.00. The van der Waals surface area contributed by atoms with E-state index in [1.807, 2.05) is 11.8 Å². The first-order valence-corrected chi connectivity index (χ1v) is 7.06. The molecular formula is C11H19N3OS. The fourth-order valence-electron chi connectivity index (χ4n) is 1.91. The maximum absolute atomic E-state index is 5.95. The van der Waals surface area contributed by atoms with Crippen LogP contribution in [0.4, 0.5) is 0 Å². The lowest BCUT2D eigenvalue weighted by Crippen LogP contribution is -2.10. The molecule has 2 N–H and O–H groups in total. The SMILES string of the molecule is CCCC(N)c1nc(C2CCCCS2)no1. The third-order valence-corrected chi connectivity index (χ3v) is 4.22. The lowest BCUT2D eigenvalue weighted by molar-refractivity contribution is 0.343. The minimum atomic E-state index is -0.0974. The zero-order chi connectivity index (χ0) is 11.4. The molecule has 1 aliphatic heterocycles. The largest absolute Gasteiger partial charge is 0.338 e. The normalized spacial score (nSPS) is 23.2. The fraction of sp³-hybridized carbons (Fsp3) is 0.818. The van der Waals surface area contributed by atoms with Gasteiger partial charge >= 0.3 is 0 Å². The summed E-state index contributed by atoms with van der Waals surface area (Å²) in [6.45, 7) is 2.11. The molecule has 0 spiro atoms. The second-order valence-electron chi connectivity index (χ2n) is 4.24. The van der Waals surface area contributed by atoms with Crippen LogP contribution >= 0.6 is 11.8 Å². The summed E-state index contributed by atoms with van der Waals surface area (Å²) in [5.41, 5.74) is 5.95. The first-order chi connectivity index (χ1) is 7.81. The Kier molecular flexibility index (Phi) is 4.23. The Morgan fingerprint density at radius 2 is 2.44 bits per heavy atom. The zero-order valence-electron chi connectivity index (χ0n) is 9.69. The number of aromatic nitrogens is 2. The molecule has 0 saturated carbocycles. The third-order valence-electron chi connectivity index (χ3n) is 2.84. The van der Waals surface area contributed by atoms with Crippen LogP contribution in [0.15, 0.2) is 4.52 Å². The molecule has 16 heavy (non-hydrogen) atoms. The van der Waals surface area contributed by atoms with E-state index in [9.17, 15) is 0 Å².